The lowest BCUT2D eigenvalue weighted by Crippen LogP contribution is -2.55. The summed E-state index contributed by atoms with van der Waals surface area (Å²) in [5.41, 5.74) is 0.273. The molecule has 13 heavy (non-hydrogen) atoms. The van der Waals surface area contributed by atoms with Crippen LogP contribution < -0.4 is 0 Å². The van der Waals surface area contributed by atoms with Crippen molar-refractivity contribution >= 4 is 15.9 Å². The van der Waals surface area contributed by atoms with Gasteiger partial charge in [-0.1, -0.05) is 15.9 Å². The first-order valence-corrected chi connectivity index (χ1v) is 6.40. The van der Waals surface area contributed by atoms with Crippen molar-refractivity contribution in [2.45, 2.75) is 36.9 Å². The largest absolute Gasteiger partial charge is 0.396 e. The Morgan fingerprint density at radius 2 is 1.77 bits per heavy atom. The van der Waals surface area contributed by atoms with Crippen LogP contribution in [-0.2, 0) is 0 Å². The SMILES string of the molecule is OCC12C[C@@H]3CC(C[C@@H](C3)C1)C2Br. The van der Waals surface area contributed by atoms with Gasteiger partial charge in [0.05, 0.1) is 0 Å². The molecule has 5 atom stereocenters. The third-order valence-electron chi connectivity index (χ3n) is 4.64. The Hall–Kier alpha value is 0.440. The van der Waals surface area contributed by atoms with Crippen molar-refractivity contribution in [3.05, 3.63) is 0 Å². The highest BCUT2D eigenvalue weighted by Gasteiger charge is 2.55. The predicted molar refractivity (Wildman–Crippen MR) is 55.8 cm³/mol. The molecular weight excluding hydrogens is 228 g/mol. The summed E-state index contributed by atoms with van der Waals surface area (Å²) in [7, 11) is 0. The summed E-state index contributed by atoms with van der Waals surface area (Å²) in [4.78, 5) is 0.609. The molecule has 74 valence electrons. The number of aliphatic hydroxyl groups is 1. The van der Waals surface area contributed by atoms with Gasteiger partial charge in [-0.15, -0.1) is 0 Å². The summed E-state index contributed by atoms with van der Waals surface area (Å²) < 4.78 is 0. The van der Waals surface area contributed by atoms with Crippen molar-refractivity contribution < 1.29 is 5.11 Å². The fourth-order valence-corrected chi connectivity index (χ4v) is 5.31. The van der Waals surface area contributed by atoms with E-state index in [0.717, 1.165) is 17.8 Å². The maximum Gasteiger partial charge on any atom is 0.0498 e. The number of rotatable bonds is 1. The van der Waals surface area contributed by atoms with Gasteiger partial charge in [-0.25, -0.2) is 0 Å². The molecule has 4 saturated carbocycles. The van der Waals surface area contributed by atoms with E-state index in [9.17, 15) is 5.11 Å². The summed E-state index contributed by atoms with van der Waals surface area (Å²) in [6.45, 7) is 0.409. The predicted octanol–water partition coefficient (Wildman–Crippen LogP) is 2.57. The van der Waals surface area contributed by atoms with Gasteiger partial charge >= 0.3 is 0 Å². The van der Waals surface area contributed by atoms with E-state index in [0.29, 0.717) is 11.4 Å². The number of aliphatic hydroxyl groups excluding tert-OH is 1. The lowest BCUT2D eigenvalue weighted by molar-refractivity contribution is -0.0708. The summed E-state index contributed by atoms with van der Waals surface area (Å²) in [5.74, 6) is 2.76. The third-order valence-corrected chi connectivity index (χ3v) is 6.36. The minimum Gasteiger partial charge on any atom is -0.396 e. The van der Waals surface area contributed by atoms with E-state index >= 15 is 0 Å². The molecule has 0 radical (unpaired) electrons. The van der Waals surface area contributed by atoms with E-state index < -0.39 is 0 Å². The van der Waals surface area contributed by atoms with E-state index in [-0.39, 0.29) is 5.41 Å². The van der Waals surface area contributed by atoms with Gasteiger partial charge in [-0.05, 0) is 49.9 Å². The maximum atomic E-state index is 9.57. The van der Waals surface area contributed by atoms with Crippen LogP contribution in [0.1, 0.15) is 32.1 Å². The third kappa shape index (κ3) is 1.08. The maximum absolute atomic E-state index is 9.57. The van der Waals surface area contributed by atoms with Crippen molar-refractivity contribution in [1.82, 2.24) is 0 Å². The fraction of sp³-hybridized carbons (Fsp3) is 1.00. The number of hydrogen-bond donors (Lipinski definition) is 1. The van der Waals surface area contributed by atoms with Crippen molar-refractivity contribution in [2.75, 3.05) is 6.61 Å². The summed E-state index contributed by atoms with van der Waals surface area (Å²) >= 11 is 3.84. The molecule has 1 N–H and O–H groups in total. The molecule has 4 rings (SSSR count). The van der Waals surface area contributed by atoms with Crippen LogP contribution in [0.5, 0.6) is 0 Å². The lowest BCUT2D eigenvalue weighted by atomic mass is 9.50. The van der Waals surface area contributed by atoms with Crippen LogP contribution in [-0.4, -0.2) is 16.5 Å². The molecule has 4 aliphatic carbocycles. The first-order chi connectivity index (χ1) is 6.23. The molecule has 4 aliphatic rings. The summed E-state index contributed by atoms with van der Waals surface area (Å²) in [5, 5.41) is 9.57. The Morgan fingerprint density at radius 1 is 1.15 bits per heavy atom. The average Bonchev–Trinajstić information content (AvgIpc) is 2.12. The van der Waals surface area contributed by atoms with Gasteiger partial charge in [0, 0.05) is 16.8 Å². The van der Waals surface area contributed by atoms with Crippen LogP contribution in [0.2, 0.25) is 0 Å². The molecule has 1 nitrogen and oxygen atoms in total. The molecule has 0 saturated heterocycles. The van der Waals surface area contributed by atoms with Crippen molar-refractivity contribution in [1.29, 1.82) is 0 Å². The van der Waals surface area contributed by atoms with Gasteiger partial charge in [-0.3, -0.25) is 0 Å². The quantitative estimate of drug-likeness (QED) is 0.704. The van der Waals surface area contributed by atoms with Crippen LogP contribution >= 0.6 is 15.9 Å². The zero-order chi connectivity index (χ0) is 9.05. The standard InChI is InChI=1S/C11H17BrO/c12-10-9-2-7-1-8(3-9)5-11(10,4-7)6-13/h7-10,13H,1-6H2/t7-,8+,9?,10?,11?. The summed E-state index contributed by atoms with van der Waals surface area (Å²) in [6.07, 6.45) is 6.87. The Kier molecular flexibility index (Phi) is 1.83. The fourth-order valence-electron chi connectivity index (χ4n) is 4.36. The highest BCUT2D eigenvalue weighted by Crippen LogP contribution is 2.61. The Morgan fingerprint density at radius 3 is 2.31 bits per heavy atom. The molecule has 0 aromatic rings. The molecule has 0 spiro atoms. The molecule has 0 aliphatic heterocycles. The zero-order valence-corrected chi connectivity index (χ0v) is 9.46. The molecule has 4 fully saturated rings. The van der Waals surface area contributed by atoms with Gasteiger partial charge in [0.2, 0.25) is 0 Å². The second-order valence-corrected chi connectivity index (χ2v) is 6.52. The van der Waals surface area contributed by atoms with Crippen LogP contribution in [0.3, 0.4) is 0 Å². The molecular formula is C11H17BrO. The number of halogens is 1. The van der Waals surface area contributed by atoms with Gasteiger partial charge in [0.1, 0.15) is 0 Å². The molecule has 2 heteroatoms. The molecule has 4 bridgehead atoms. The van der Waals surface area contributed by atoms with Crippen LogP contribution in [0.15, 0.2) is 0 Å². The second-order valence-electron chi connectivity index (χ2n) is 5.53. The first kappa shape index (κ1) is 8.72. The van der Waals surface area contributed by atoms with Gasteiger partial charge in [-0.2, -0.15) is 0 Å². The first-order valence-electron chi connectivity index (χ1n) is 5.48. The van der Waals surface area contributed by atoms with Crippen LogP contribution in [0.25, 0.3) is 0 Å². The average molecular weight is 245 g/mol. The monoisotopic (exact) mass is 244 g/mol. The van der Waals surface area contributed by atoms with Gasteiger partial charge in [0.15, 0.2) is 0 Å². The van der Waals surface area contributed by atoms with E-state index in [2.05, 4.69) is 15.9 Å². The molecule has 0 amide bonds. The van der Waals surface area contributed by atoms with E-state index in [1.165, 1.54) is 32.1 Å². The normalized spacial score (nSPS) is 58.6. The summed E-state index contributed by atoms with van der Waals surface area (Å²) in [6, 6.07) is 0. The van der Waals surface area contributed by atoms with Crippen LogP contribution in [0, 0.1) is 23.2 Å². The van der Waals surface area contributed by atoms with Gasteiger partial charge < -0.3 is 5.11 Å². The minimum absolute atomic E-state index is 0.273. The number of alkyl halides is 1. The van der Waals surface area contributed by atoms with Crippen LogP contribution in [0.4, 0.5) is 0 Å². The molecule has 0 heterocycles. The minimum atomic E-state index is 0.273. The van der Waals surface area contributed by atoms with E-state index in [1.54, 1.807) is 0 Å². The molecule has 0 aromatic heterocycles. The van der Waals surface area contributed by atoms with Gasteiger partial charge in [0.25, 0.3) is 0 Å². The lowest BCUT2D eigenvalue weighted by Gasteiger charge is -2.59. The number of hydrogen-bond acceptors (Lipinski definition) is 1. The Balaban J connectivity index is 1.95. The second kappa shape index (κ2) is 2.73. The Labute approximate surface area is 88.0 Å². The topological polar surface area (TPSA) is 20.2 Å². The Bertz CT molecular complexity index is 214. The smallest absolute Gasteiger partial charge is 0.0498 e. The molecule has 0 aromatic carbocycles. The zero-order valence-electron chi connectivity index (χ0n) is 7.88. The van der Waals surface area contributed by atoms with Crippen molar-refractivity contribution in [2.24, 2.45) is 23.2 Å². The van der Waals surface area contributed by atoms with E-state index in [1.807, 2.05) is 0 Å². The van der Waals surface area contributed by atoms with Crippen molar-refractivity contribution in [3.63, 3.8) is 0 Å². The highest BCUT2D eigenvalue weighted by molar-refractivity contribution is 9.09. The van der Waals surface area contributed by atoms with E-state index in [4.69, 9.17) is 0 Å². The molecule has 3 unspecified atom stereocenters. The van der Waals surface area contributed by atoms with Crippen molar-refractivity contribution in [3.8, 4) is 0 Å². The highest BCUT2D eigenvalue weighted by atomic mass is 79.9.